The van der Waals surface area contributed by atoms with Gasteiger partial charge in [-0.05, 0) is 12.1 Å². The molecule has 0 spiro atoms. The van der Waals surface area contributed by atoms with Gasteiger partial charge in [0.25, 0.3) is 0 Å². The van der Waals surface area contributed by atoms with E-state index < -0.39 is 0 Å². The zero-order chi connectivity index (χ0) is 7.23. The Balaban J connectivity index is 2.59. The standard InChI is InChI=1S/C6H8N4/c1-7-10-9-6-2-4-8-5-3-6/h2-5H,1H3,(H,7,8,9). The molecule has 0 aromatic carbocycles. The third kappa shape index (κ3) is 1.81. The van der Waals surface area contributed by atoms with Gasteiger partial charge in [0.15, 0.2) is 0 Å². The number of pyridine rings is 1. The van der Waals surface area contributed by atoms with E-state index in [0.29, 0.717) is 0 Å². The van der Waals surface area contributed by atoms with E-state index in [1.165, 1.54) is 0 Å². The predicted octanol–water partition coefficient (Wildman–Crippen LogP) is 1.49. The quantitative estimate of drug-likeness (QED) is 0.494. The maximum atomic E-state index is 3.84. The van der Waals surface area contributed by atoms with Crippen molar-refractivity contribution in [3.63, 3.8) is 0 Å². The van der Waals surface area contributed by atoms with Crippen LogP contribution < -0.4 is 5.43 Å². The van der Waals surface area contributed by atoms with Crippen LogP contribution in [0.2, 0.25) is 0 Å². The minimum absolute atomic E-state index is 0.889. The summed E-state index contributed by atoms with van der Waals surface area (Å²) < 4.78 is 0. The second kappa shape index (κ2) is 3.55. The molecular formula is C6H8N4. The zero-order valence-corrected chi connectivity index (χ0v) is 5.65. The smallest absolute Gasteiger partial charge is 0.0609 e. The first-order valence-electron chi connectivity index (χ1n) is 2.88. The fourth-order valence-corrected chi connectivity index (χ4v) is 0.534. The lowest BCUT2D eigenvalue weighted by molar-refractivity contribution is 1.08. The van der Waals surface area contributed by atoms with Crippen LogP contribution in [0.3, 0.4) is 0 Å². The first-order chi connectivity index (χ1) is 4.93. The largest absolute Gasteiger partial charge is 0.265 e. The highest BCUT2D eigenvalue weighted by Gasteiger charge is 1.82. The number of nitrogens with zero attached hydrogens (tertiary/aromatic N) is 3. The molecule has 1 aromatic heterocycles. The van der Waals surface area contributed by atoms with Gasteiger partial charge >= 0.3 is 0 Å². The molecule has 0 radical (unpaired) electrons. The van der Waals surface area contributed by atoms with Crippen LogP contribution in [0, 0.1) is 0 Å². The topological polar surface area (TPSA) is 49.6 Å². The summed E-state index contributed by atoms with van der Waals surface area (Å²) in [6, 6.07) is 3.63. The summed E-state index contributed by atoms with van der Waals surface area (Å²) in [5.74, 6) is 0. The van der Waals surface area contributed by atoms with E-state index in [0.717, 1.165) is 5.69 Å². The van der Waals surface area contributed by atoms with E-state index >= 15 is 0 Å². The van der Waals surface area contributed by atoms with Crippen molar-refractivity contribution in [3.05, 3.63) is 24.5 Å². The minimum atomic E-state index is 0.889. The highest BCUT2D eigenvalue weighted by molar-refractivity contribution is 5.39. The summed E-state index contributed by atoms with van der Waals surface area (Å²) in [6.07, 6.45) is 3.38. The second-order valence-corrected chi connectivity index (χ2v) is 1.65. The maximum Gasteiger partial charge on any atom is 0.0609 e. The molecule has 0 fully saturated rings. The number of hydrogen-bond donors (Lipinski definition) is 1. The monoisotopic (exact) mass is 136 g/mol. The summed E-state index contributed by atoms with van der Waals surface area (Å²) in [5, 5.41) is 7.11. The third-order valence-corrected chi connectivity index (χ3v) is 0.959. The Morgan fingerprint density at radius 1 is 1.40 bits per heavy atom. The lowest BCUT2D eigenvalue weighted by atomic mass is 10.4. The molecule has 0 atom stereocenters. The Hall–Kier alpha value is -1.45. The van der Waals surface area contributed by atoms with Gasteiger partial charge in [-0.1, -0.05) is 5.22 Å². The van der Waals surface area contributed by atoms with E-state index in [2.05, 4.69) is 20.7 Å². The van der Waals surface area contributed by atoms with Gasteiger partial charge in [-0.25, -0.2) is 0 Å². The predicted molar refractivity (Wildman–Crippen MR) is 38.6 cm³/mol. The van der Waals surface area contributed by atoms with Crippen LogP contribution in [-0.2, 0) is 0 Å². The molecule has 0 saturated carbocycles. The second-order valence-electron chi connectivity index (χ2n) is 1.65. The molecule has 1 N–H and O–H groups in total. The van der Waals surface area contributed by atoms with E-state index in [1.54, 1.807) is 19.4 Å². The number of nitrogens with one attached hydrogen (secondary N) is 1. The molecule has 0 bridgehead atoms. The van der Waals surface area contributed by atoms with Crippen molar-refractivity contribution in [2.75, 3.05) is 12.5 Å². The van der Waals surface area contributed by atoms with Gasteiger partial charge in [0, 0.05) is 12.4 Å². The fourth-order valence-electron chi connectivity index (χ4n) is 0.534. The molecule has 1 heterocycles. The lowest BCUT2D eigenvalue weighted by Crippen LogP contribution is -1.85. The molecule has 4 nitrogen and oxygen atoms in total. The van der Waals surface area contributed by atoms with Crippen molar-refractivity contribution in [1.82, 2.24) is 4.98 Å². The molecule has 0 aliphatic carbocycles. The first kappa shape index (κ1) is 6.67. The van der Waals surface area contributed by atoms with Crippen molar-refractivity contribution in [1.29, 1.82) is 0 Å². The summed E-state index contributed by atoms with van der Waals surface area (Å²) in [5.41, 5.74) is 3.60. The van der Waals surface area contributed by atoms with Crippen LogP contribution in [0.5, 0.6) is 0 Å². The van der Waals surface area contributed by atoms with Crippen LogP contribution in [0.25, 0.3) is 0 Å². The van der Waals surface area contributed by atoms with Crippen molar-refractivity contribution in [3.8, 4) is 0 Å². The van der Waals surface area contributed by atoms with Crippen molar-refractivity contribution >= 4 is 5.69 Å². The average molecular weight is 136 g/mol. The van der Waals surface area contributed by atoms with Crippen molar-refractivity contribution < 1.29 is 0 Å². The Morgan fingerprint density at radius 3 is 2.70 bits per heavy atom. The van der Waals surface area contributed by atoms with E-state index in [-0.39, 0.29) is 0 Å². The van der Waals surface area contributed by atoms with Gasteiger partial charge in [0.2, 0.25) is 0 Å². The highest BCUT2D eigenvalue weighted by Crippen LogP contribution is 2.01. The molecular weight excluding hydrogens is 128 g/mol. The summed E-state index contributed by atoms with van der Waals surface area (Å²) in [4.78, 5) is 3.84. The Bertz CT molecular complexity index is 206. The third-order valence-electron chi connectivity index (χ3n) is 0.959. The molecule has 4 heteroatoms. The molecule has 0 amide bonds. The molecule has 1 rings (SSSR count). The van der Waals surface area contributed by atoms with Gasteiger partial charge in [-0.15, -0.1) is 0 Å². The van der Waals surface area contributed by atoms with Crippen LogP contribution in [0.4, 0.5) is 5.69 Å². The van der Waals surface area contributed by atoms with Crippen LogP contribution in [0.1, 0.15) is 0 Å². The summed E-state index contributed by atoms with van der Waals surface area (Å²) >= 11 is 0. The maximum absolute atomic E-state index is 3.84. The fraction of sp³-hybridized carbons (Fsp3) is 0.167. The Morgan fingerprint density at radius 2 is 2.10 bits per heavy atom. The summed E-state index contributed by atoms with van der Waals surface area (Å²) in [7, 11) is 1.61. The van der Waals surface area contributed by atoms with Gasteiger partial charge < -0.3 is 0 Å². The Kier molecular flexibility index (Phi) is 2.37. The van der Waals surface area contributed by atoms with Crippen LogP contribution in [-0.4, -0.2) is 12.0 Å². The van der Waals surface area contributed by atoms with Crippen molar-refractivity contribution in [2.45, 2.75) is 0 Å². The number of rotatable bonds is 2. The molecule has 0 saturated heterocycles. The van der Waals surface area contributed by atoms with E-state index in [4.69, 9.17) is 0 Å². The Labute approximate surface area is 59.0 Å². The number of aromatic nitrogens is 1. The van der Waals surface area contributed by atoms with Gasteiger partial charge in [-0.2, -0.15) is 5.11 Å². The SMILES string of the molecule is CN=NNc1ccncc1. The van der Waals surface area contributed by atoms with Gasteiger partial charge in [0.1, 0.15) is 0 Å². The number of hydrogen-bond acceptors (Lipinski definition) is 3. The number of anilines is 1. The molecule has 0 aliphatic rings. The van der Waals surface area contributed by atoms with Gasteiger partial charge in [-0.3, -0.25) is 10.4 Å². The molecule has 0 unspecified atom stereocenters. The molecule has 10 heavy (non-hydrogen) atoms. The van der Waals surface area contributed by atoms with E-state index in [9.17, 15) is 0 Å². The first-order valence-corrected chi connectivity index (χ1v) is 2.88. The molecule has 52 valence electrons. The van der Waals surface area contributed by atoms with E-state index in [1.807, 2.05) is 12.1 Å². The molecule has 1 aromatic rings. The summed E-state index contributed by atoms with van der Waals surface area (Å²) in [6.45, 7) is 0. The van der Waals surface area contributed by atoms with Crippen LogP contribution in [0.15, 0.2) is 34.9 Å². The molecule has 0 aliphatic heterocycles. The van der Waals surface area contributed by atoms with Crippen molar-refractivity contribution in [2.24, 2.45) is 10.3 Å². The van der Waals surface area contributed by atoms with Gasteiger partial charge in [0.05, 0.1) is 12.7 Å². The zero-order valence-electron chi connectivity index (χ0n) is 5.65. The van der Waals surface area contributed by atoms with Crippen LogP contribution >= 0.6 is 0 Å². The minimum Gasteiger partial charge on any atom is -0.265 e. The normalized spacial score (nSPS) is 10.1. The highest BCUT2D eigenvalue weighted by atomic mass is 15.4. The lowest BCUT2D eigenvalue weighted by Gasteiger charge is -1.94. The average Bonchev–Trinajstić information content (AvgIpc) is 2.03.